The molecule has 1 aromatic heterocycles. The highest BCUT2D eigenvalue weighted by Crippen LogP contribution is 2.21. The highest BCUT2D eigenvalue weighted by Gasteiger charge is 2.14. The molecule has 0 aliphatic rings. The van der Waals surface area contributed by atoms with Gasteiger partial charge in [0.1, 0.15) is 5.69 Å². The zero-order chi connectivity index (χ0) is 10.8. The average Bonchev–Trinajstić information content (AvgIpc) is 2.41. The Hall–Kier alpha value is -1.23. The minimum atomic E-state index is -0.749. The molecule has 0 bridgehead atoms. The summed E-state index contributed by atoms with van der Waals surface area (Å²) in [5.74, 6) is 0.539. The molecule has 0 radical (unpaired) electrons. The molecular formula is C9H17N3O2. The van der Waals surface area contributed by atoms with Crippen LogP contribution in [0.2, 0.25) is 0 Å². The van der Waals surface area contributed by atoms with Gasteiger partial charge in [-0.2, -0.15) is 0 Å². The lowest BCUT2D eigenvalue weighted by atomic mass is 10.1. The van der Waals surface area contributed by atoms with Gasteiger partial charge in [-0.25, -0.2) is 0 Å². The maximum Gasteiger partial charge on any atom is 0.256 e. The van der Waals surface area contributed by atoms with E-state index < -0.39 is 5.60 Å². The first-order chi connectivity index (χ1) is 6.42. The molecule has 1 aromatic rings. The van der Waals surface area contributed by atoms with Crippen molar-refractivity contribution in [2.45, 2.75) is 19.4 Å². The lowest BCUT2D eigenvalue weighted by Gasteiger charge is -2.17. The van der Waals surface area contributed by atoms with Crippen molar-refractivity contribution in [1.82, 2.24) is 9.78 Å². The molecule has 0 aromatic carbocycles. The van der Waals surface area contributed by atoms with Crippen LogP contribution in [0.3, 0.4) is 0 Å². The average molecular weight is 199 g/mol. The molecule has 2 N–H and O–H groups in total. The molecule has 1 rings (SSSR count). The van der Waals surface area contributed by atoms with Gasteiger partial charge >= 0.3 is 0 Å². The second-order valence-corrected chi connectivity index (χ2v) is 3.89. The normalized spacial score (nSPS) is 11.5. The van der Waals surface area contributed by atoms with Crippen LogP contribution >= 0.6 is 0 Å². The fourth-order valence-electron chi connectivity index (χ4n) is 1.05. The number of hydrogen-bond acceptors (Lipinski definition) is 4. The zero-order valence-corrected chi connectivity index (χ0v) is 9.03. The zero-order valence-electron chi connectivity index (χ0n) is 9.03. The van der Waals surface area contributed by atoms with Crippen LogP contribution in [0.1, 0.15) is 13.8 Å². The van der Waals surface area contributed by atoms with Gasteiger partial charge in [0.2, 0.25) is 0 Å². The second kappa shape index (κ2) is 3.88. The van der Waals surface area contributed by atoms with E-state index in [4.69, 9.17) is 4.74 Å². The van der Waals surface area contributed by atoms with E-state index in [0.717, 1.165) is 5.69 Å². The predicted octanol–water partition coefficient (Wildman–Crippen LogP) is 0.611. The van der Waals surface area contributed by atoms with Crippen LogP contribution in [0.25, 0.3) is 0 Å². The van der Waals surface area contributed by atoms with Gasteiger partial charge in [-0.05, 0) is 13.8 Å². The topological polar surface area (TPSA) is 59.3 Å². The maximum absolute atomic E-state index is 9.52. The summed E-state index contributed by atoms with van der Waals surface area (Å²) < 4.78 is 6.71. The van der Waals surface area contributed by atoms with E-state index in [1.807, 2.05) is 13.2 Å². The van der Waals surface area contributed by atoms with Crippen molar-refractivity contribution < 1.29 is 9.84 Å². The number of methoxy groups -OCH3 is 1. The first kappa shape index (κ1) is 10.8. The number of aliphatic hydroxyl groups is 1. The van der Waals surface area contributed by atoms with Crippen molar-refractivity contribution in [3.63, 3.8) is 0 Å². The number of anilines is 1. The summed E-state index contributed by atoms with van der Waals surface area (Å²) in [5, 5.41) is 16.7. The van der Waals surface area contributed by atoms with Crippen LogP contribution in [-0.2, 0) is 7.05 Å². The Morgan fingerprint density at radius 1 is 1.64 bits per heavy atom. The molecular weight excluding hydrogens is 182 g/mol. The Bertz CT molecular complexity index is 301. The molecule has 1 heterocycles. The molecule has 5 heteroatoms. The Balaban J connectivity index is 2.66. The number of nitrogens with zero attached hydrogens (tertiary/aromatic N) is 2. The number of rotatable bonds is 4. The number of nitrogens with one attached hydrogen (secondary N) is 1. The predicted molar refractivity (Wildman–Crippen MR) is 54.5 cm³/mol. The van der Waals surface area contributed by atoms with Crippen LogP contribution in [0, 0.1) is 0 Å². The van der Waals surface area contributed by atoms with Crippen LogP contribution in [0.15, 0.2) is 6.20 Å². The van der Waals surface area contributed by atoms with E-state index in [2.05, 4.69) is 10.4 Å². The monoisotopic (exact) mass is 199 g/mol. The van der Waals surface area contributed by atoms with Crippen LogP contribution in [0.4, 0.5) is 5.69 Å². The van der Waals surface area contributed by atoms with Crippen molar-refractivity contribution in [2.75, 3.05) is 19.0 Å². The molecule has 0 unspecified atom stereocenters. The molecule has 0 saturated carbocycles. The Labute approximate surface area is 83.7 Å². The third-order valence-electron chi connectivity index (χ3n) is 1.70. The molecule has 14 heavy (non-hydrogen) atoms. The van der Waals surface area contributed by atoms with Gasteiger partial charge in [0, 0.05) is 13.6 Å². The van der Waals surface area contributed by atoms with E-state index >= 15 is 0 Å². The summed E-state index contributed by atoms with van der Waals surface area (Å²) in [7, 11) is 3.38. The largest absolute Gasteiger partial charge is 0.478 e. The minimum Gasteiger partial charge on any atom is -0.478 e. The van der Waals surface area contributed by atoms with Gasteiger partial charge in [-0.1, -0.05) is 0 Å². The Morgan fingerprint density at radius 3 is 2.79 bits per heavy atom. The summed E-state index contributed by atoms with van der Waals surface area (Å²) in [6.07, 6.45) is 1.81. The summed E-state index contributed by atoms with van der Waals surface area (Å²) in [6, 6.07) is 0. The molecule has 80 valence electrons. The summed E-state index contributed by atoms with van der Waals surface area (Å²) in [5.41, 5.74) is 0.0399. The van der Waals surface area contributed by atoms with Crippen molar-refractivity contribution in [3.05, 3.63) is 6.20 Å². The molecule has 0 aliphatic carbocycles. The number of ether oxygens (including phenoxy) is 1. The van der Waals surface area contributed by atoms with E-state index in [9.17, 15) is 5.11 Å². The second-order valence-electron chi connectivity index (χ2n) is 3.89. The van der Waals surface area contributed by atoms with E-state index in [1.165, 1.54) is 0 Å². The van der Waals surface area contributed by atoms with Gasteiger partial charge in [-0.15, -0.1) is 5.10 Å². The summed E-state index contributed by atoms with van der Waals surface area (Å²) in [4.78, 5) is 0. The molecule has 0 fully saturated rings. The fraction of sp³-hybridized carbons (Fsp3) is 0.667. The van der Waals surface area contributed by atoms with Gasteiger partial charge in [0.05, 0.1) is 18.9 Å². The highest BCUT2D eigenvalue weighted by molar-refractivity contribution is 5.51. The van der Waals surface area contributed by atoms with Crippen LogP contribution in [0.5, 0.6) is 5.88 Å². The van der Waals surface area contributed by atoms with Crippen LogP contribution in [-0.4, -0.2) is 34.1 Å². The smallest absolute Gasteiger partial charge is 0.256 e. The Morgan fingerprint density at radius 2 is 2.29 bits per heavy atom. The van der Waals surface area contributed by atoms with Gasteiger partial charge in [0.15, 0.2) is 0 Å². The third-order valence-corrected chi connectivity index (χ3v) is 1.70. The lowest BCUT2D eigenvalue weighted by Crippen LogP contribution is -2.29. The maximum atomic E-state index is 9.52. The fourth-order valence-corrected chi connectivity index (χ4v) is 1.05. The standard InChI is InChI=1S/C9H17N3O2/c1-9(2,13)6-10-7-5-12(3)11-8(7)14-4/h5,10,13H,6H2,1-4H3. The van der Waals surface area contributed by atoms with E-state index in [0.29, 0.717) is 12.4 Å². The first-order valence-electron chi connectivity index (χ1n) is 4.46. The third kappa shape index (κ3) is 2.92. The molecule has 0 saturated heterocycles. The van der Waals surface area contributed by atoms with Gasteiger partial charge < -0.3 is 15.2 Å². The van der Waals surface area contributed by atoms with Crippen LogP contribution < -0.4 is 10.1 Å². The van der Waals surface area contributed by atoms with E-state index in [1.54, 1.807) is 25.6 Å². The van der Waals surface area contributed by atoms with E-state index in [-0.39, 0.29) is 0 Å². The van der Waals surface area contributed by atoms with Crippen molar-refractivity contribution in [1.29, 1.82) is 0 Å². The number of aryl methyl sites for hydroxylation is 1. The SMILES string of the molecule is COc1nn(C)cc1NCC(C)(C)O. The summed E-state index contributed by atoms with van der Waals surface area (Å²) in [6.45, 7) is 3.93. The molecule has 5 nitrogen and oxygen atoms in total. The summed E-state index contributed by atoms with van der Waals surface area (Å²) >= 11 is 0. The molecule has 0 amide bonds. The van der Waals surface area contributed by atoms with Crippen molar-refractivity contribution >= 4 is 5.69 Å². The van der Waals surface area contributed by atoms with Crippen molar-refractivity contribution in [2.24, 2.45) is 7.05 Å². The highest BCUT2D eigenvalue weighted by atomic mass is 16.5. The number of hydrogen-bond donors (Lipinski definition) is 2. The number of aromatic nitrogens is 2. The molecule has 0 aliphatic heterocycles. The Kier molecular flexibility index (Phi) is 3.00. The quantitative estimate of drug-likeness (QED) is 0.746. The molecule has 0 atom stereocenters. The lowest BCUT2D eigenvalue weighted by molar-refractivity contribution is 0.0945. The minimum absolute atomic E-state index is 0.453. The van der Waals surface area contributed by atoms with Gasteiger partial charge in [0.25, 0.3) is 5.88 Å². The van der Waals surface area contributed by atoms with Gasteiger partial charge in [-0.3, -0.25) is 4.68 Å². The molecule has 0 spiro atoms. The first-order valence-corrected chi connectivity index (χ1v) is 4.46. The van der Waals surface area contributed by atoms with Crippen molar-refractivity contribution in [3.8, 4) is 5.88 Å².